The lowest BCUT2D eigenvalue weighted by Gasteiger charge is -2.22. The first kappa shape index (κ1) is 17.0. The predicted molar refractivity (Wildman–Crippen MR) is 81.4 cm³/mol. The third kappa shape index (κ3) is 4.32. The van der Waals surface area contributed by atoms with E-state index in [1.54, 1.807) is 31.2 Å². The molecular weight excluding hydrogens is 305 g/mol. The number of carbonyl (C=O) groups excluding carboxylic acids is 1. The van der Waals surface area contributed by atoms with Crippen molar-refractivity contribution >= 4 is 5.91 Å². The average molecular weight is 322 g/mol. The number of alkyl halides is 3. The zero-order valence-corrected chi connectivity index (χ0v) is 12.5. The van der Waals surface area contributed by atoms with Gasteiger partial charge in [-0.15, -0.1) is 0 Å². The fourth-order valence-corrected chi connectivity index (χ4v) is 2.30. The van der Waals surface area contributed by atoms with Crippen LogP contribution in [0.5, 0.6) is 0 Å². The molecule has 0 aliphatic rings. The van der Waals surface area contributed by atoms with Crippen LogP contribution in [0.15, 0.2) is 54.6 Å². The maximum atomic E-state index is 12.6. The van der Waals surface area contributed by atoms with Gasteiger partial charge in [-0.1, -0.05) is 42.5 Å². The van der Waals surface area contributed by atoms with Crippen LogP contribution in [0.4, 0.5) is 13.2 Å². The number of halogens is 3. The largest absolute Gasteiger partial charge is 0.416 e. The van der Waals surface area contributed by atoms with Crippen molar-refractivity contribution in [3.63, 3.8) is 0 Å². The summed E-state index contributed by atoms with van der Waals surface area (Å²) >= 11 is 0. The average Bonchev–Trinajstić information content (AvgIpc) is 2.52. The van der Waals surface area contributed by atoms with Gasteiger partial charge >= 0.3 is 6.18 Å². The van der Waals surface area contributed by atoms with Crippen molar-refractivity contribution in [3.8, 4) is 0 Å². The van der Waals surface area contributed by atoms with E-state index in [0.717, 1.165) is 12.1 Å². The van der Waals surface area contributed by atoms with Gasteiger partial charge in [0.2, 0.25) is 5.91 Å². The Hall–Kier alpha value is -2.34. The maximum Gasteiger partial charge on any atom is 0.416 e. The first-order valence-electron chi connectivity index (χ1n) is 7.06. The molecule has 122 valence electrons. The quantitative estimate of drug-likeness (QED) is 0.884. The topological polar surface area (TPSA) is 55.1 Å². The van der Waals surface area contributed by atoms with E-state index in [4.69, 9.17) is 5.73 Å². The van der Waals surface area contributed by atoms with Gasteiger partial charge in [-0.05, 0) is 30.2 Å². The number of amides is 1. The van der Waals surface area contributed by atoms with E-state index in [0.29, 0.717) is 11.1 Å². The number of hydrogen-bond acceptors (Lipinski definition) is 2. The third-order valence-corrected chi connectivity index (χ3v) is 3.57. The van der Waals surface area contributed by atoms with Crippen molar-refractivity contribution in [1.82, 2.24) is 5.32 Å². The van der Waals surface area contributed by atoms with Gasteiger partial charge < -0.3 is 5.73 Å². The van der Waals surface area contributed by atoms with Gasteiger partial charge in [0, 0.05) is 6.04 Å². The SMILES string of the molecule is C[C@@H](N[C@@H](C(N)=O)c1ccccc1)c1ccc(C(F)(F)F)cc1. The minimum atomic E-state index is -4.37. The molecule has 2 aromatic carbocycles. The third-order valence-electron chi connectivity index (χ3n) is 3.57. The van der Waals surface area contributed by atoms with Crippen LogP contribution in [0, 0.1) is 0 Å². The Labute approximate surface area is 132 Å². The van der Waals surface area contributed by atoms with E-state index in [1.165, 1.54) is 12.1 Å². The molecule has 0 radical (unpaired) electrons. The molecule has 0 aliphatic carbocycles. The molecule has 0 aromatic heterocycles. The van der Waals surface area contributed by atoms with Crippen LogP contribution >= 0.6 is 0 Å². The molecule has 2 atom stereocenters. The molecule has 3 N–H and O–H groups in total. The van der Waals surface area contributed by atoms with Gasteiger partial charge in [-0.2, -0.15) is 13.2 Å². The van der Waals surface area contributed by atoms with Crippen LogP contribution in [0.25, 0.3) is 0 Å². The highest BCUT2D eigenvalue weighted by Gasteiger charge is 2.30. The van der Waals surface area contributed by atoms with Crippen LogP contribution in [-0.4, -0.2) is 5.91 Å². The first-order chi connectivity index (χ1) is 10.8. The number of benzene rings is 2. The van der Waals surface area contributed by atoms with Crippen molar-refractivity contribution in [1.29, 1.82) is 0 Å². The van der Waals surface area contributed by atoms with E-state index in [1.807, 2.05) is 6.07 Å². The van der Waals surface area contributed by atoms with E-state index in [9.17, 15) is 18.0 Å². The van der Waals surface area contributed by atoms with Gasteiger partial charge in [0.1, 0.15) is 6.04 Å². The second-order valence-corrected chi connectivity index (χ2v) is 5.25. The van der Waals surface area contributed by atoms with E-state index in [2.05, 4.69) is 5.32 Å². The highest BCUT2D eigenvalue weighted by atomic mass is 19.4. The number of hydrogen-bond donors (Lipinski definition) is 2. The molecule has 0 spiro atoms. The number of primary amides is 1. The van der Waals surface area contributed by atoms with Crippen LogP contribution in [0.2, 0.25) is 0 Å². The summed E-state index contributed by atoms with van der Waals surface area (Å²) in [5.41, 5.74) is 6.07. The molecule has 0 unspecified atom stereocenters. The molecule has 2 aromatic rings. The van der Waals surface area contributed by atoms with E-state index >= 15 is 0 Å². The highest BCUT2D eigenvalue weighted by Crippen LogP contribution is 2.30. The number of carbonyl (C=O) groups is 1. The maximum absolute atomic E-state index is 12.6. The van der Waals surface area contributed by atoms with Gasteiger partial charge in [-0.25, -0.2) is 0 Å². The van der Waals surface area contributed by atoms with Crippen molar-refractivity contribution in [2.75, 3.05) is 0 Å². The molecule has 2 rings (SSSR count). The lowest BCUT2D eigenvalue weighted by molar-refractivity contribution is -0.137. The summed E-state index contributed by atoms with van der Waals surface area (Å²) in [6, 6.07) is 12.7. The Bertz CT molecular complexity index is 654. The van der Waals surface area contributed by atoms with Crippen molar-refractivity contribution < 1.29 is 18.0 Å². The summed E-state index contributed by atoms with van der Waals surface area (Å²) in [4.78, 5) is 11.7. The molecule has 23 heavy (non-hydrogen) atoms. The molecule has 1 amide bonds. The van der Waals surface area contributed by atoms with Gasteiger partial charge in [0.15, 0.2) is 0 Å². The number of rotatable bonds is 5. The molecule has 0 aliphatic heterocycles. The van der Waals surface area contributed by atoms with Crippen molar-refractivity contribution in [2.45, 2.75) is 25.2 Å². The molecule has 6 heteroatoms. The second kappa shape index (κ2) is 6.83. The Kier molecular flexibility index (Phi) is 5.05. The number of nitrogens with two attached hydrogens (primary N) is 1. The van der Waals surface area contributed by atoms with Crippen molar-refractivity contribution in [2.24, 2.45) is 5.73 Å². The Morgan fingerprint density at radius 3 is 2.04 bits per heavy atom. The summed E-state index contributed by atoms with van der Waals surface area (Å²) < 4.78 is 37.7. The van der Waals surface area contributed by atoms with Gasteiger partial charge in [0.25, 0.3) is 0 Å². The fourth-order valence-electron chi connectivity index (χ4n) is 2.30. The van der Waals surface area contributed by atoms with E-state index < -0.39 is 23.7 Å². The molecule has 0 fully saturated rings. The lowest BCUT2D eigenvalue weighted by atomic mass is 10.0. The Morgan fingerprint density at radius 2 is 1.57 bits per heavy atom. The first-order valence-corrected chi connectivity index (χ1v) is 7.06. The smallest absolute Gasteiger partial charge is 0.368 e. The molecule has 3 nitrogen and oxygen atoms in total. The molecule has 0 saturated heterocycles. The minimum Gasteiger partial charge on any atom is -0.368 e. The zero-order valence-electron chi connectivity index (χ0n) is 12.5. The van der Waals surface area contributed by atoms with Crippen LogP contribution < -0.4 is 11.1 Å². The van der Waals surface area contributed by atoms with Crippen molar-refractivity contribution in [3.05, 3.63) is 71.3 Å². The summed E-state index contributed by atoms with van der Waals surface area (Å²) in [6.07, 6.45) is -4.37. The molecular formula is C17H17F3N2O. The Morgan fingerprint density at radius 1 is 1.00 bits per heavy atom. The van der Waals surface area contributed by atoms with Crippen LogP contribution in [-0.2, 0) is 11.0 Å². The molecule has 0 bridgehead atoms. The van der Waals surface area contributed by atoms with Gasteiger partial charge in [0.05, 0.1) is 5.56 Å². The predicted octanol–water partition coefficient (Wildman–Crippen LogP) is 3.58. The normalized spacial score (nSPS) is 14.3. The lowest BCUT2D eigenvalue weighted by Crippen LogP contribution is -2.35. The van der Waals surface area contributed by atoms with Gasteiger partial charge in [-0.3, -0.25) is 10.1 Å². The number of nitrogens with one attached hydrogen (secondary N) is 1. The molecule has 0 saturated carbocycles. The van der Waals surface area contributed by atoms with E-state index in [-0.39, 0.29) is 6.04 Å². The van der Waals surface area contributed by atoms with Crippen LogP contribution in [0.3, 0.4) is 0 Å². The second-order valence-electron chi connectivity index (χ2n) is 5.25. The monoisotopic (exact) mass is 322 g/mol. The standard InChI is InChI=1S/C17H17F3N2O/c1-11(12-7-9-14(10-8-12)17(18,19)20)22-15(16(21)23)13-5-3-2-4-6-13/h2-11,15,22H,1H3,(H2,21,23)/t11-,15-/m1/s1. The highest BCUT2D eigenvalue weighted by molar-refractivity contribution is 5.81. The van der Waals surface area contributed by atoms with Crippen LogP contribution in [0.1, 0.15) is 35.7 Å². The summed E-state index contributed by atoms with van der Waals surface area (Å²) in [6.45, 7) is 1.77. The minimum absolute atomic E-state index is 0.338. The summed E-state index contributed by atoms with van der Waals surface area (Å²) in [7, 11) is 0. The fraction of sp³-hybridized carbons (Fsp3) is 0.235. The summed E-state index contributed by atoms with van der Waals surface area (Å²) in [5, 5.41) is 3.05. The summed E-state index contributed by atoms with van der Waals surface area (Å²) in [5.74, 6) is -0.546. The Balaban J connectivity index is 2.16. The zero-order chi connectivity index (χ0) is 17.0. The molecule has 0 heterocycles.